The first-order valence-electron chi connectivity index (χ1n) is 9.90. The highest BCUT2D eigenvalue weighted by molar-refractivity contribution is 5.23. The first-order valence-corrected chi connectivity index (χ1v) is 9.90. The van der Waals surface area contributed by atoms with E-state index >= 15 is 0 Å². The van der Waals surface area contributed by atoms with E-state index in [1.165, 1.54) is 38.0 Å². The second kappa shape index (κ2) is 7.81. The quantitative estimate of drug-likeness (QED) is 0.578. The molecule has 1 heterocycles. The van der Waals surface area contributed by atoms with Crippen molar-refractivity contribution in [3.8, 4) is 0 Å². The predicted octanol–water partition coefficient (Wildman–Crippen LogP) is 3.37. The van der Waals surface area contributed by atoms with E-state index in [4.69, 9.17) is 0 Å². The molecular formula is C23H31N2O+. The van der Waals surface area contributed by atoms with Crippen LogP contribution in [0.2, 0.25) is 0 Å². The van der Waals surface area contributed by atoms with Crippen molar-refractivity contribution >= 4 is 0 Å². The van der Waals surface area contributed by atoms with Gasteiger partial charge in [-0.15, -0.1) is 0 Å². The van der Waals surface area contributed by atoms with Gasteiger partial charge in [-0.25, -0.2) is 0 Å². The summed E-state index contributed by atoms with van der Waals surface area (Å²) in [5.74, 6) is 1.31. The van der Waals surface area contributed by atoms with Crippen LogP contribution in [-0.4, -0.2) is 53.4 Å². The largest absolute Gasteiger partial charge is 0.590 e. The molecule has 3 nitrogen and oxygen atoms in total. The van der Waals surface area contributed by atoms with Crippen LogP contribution in [0.5, 0.6) is 0 Å². The van der Waals surface area contributed by atoms with Crippen molar-refractivity contribution in [2.75, 3.05) is 33.3 Å². The molecule has 4 rings (SSSR count). The number of ether oxygens (including phenoxy) is 1. The van der Waals surface area contributed by atoms with Gasteiger partial charge in [-0.05, 0) is 24.3 Å². The first-order chi connectivity index (χ1) is 12.8. The van der Waals surface area contributed by atoms with Gasteiger partial charge in [0.05, 0.1) is 0 Å². The Balaban J connectivity index is 1.45. The number of hydrogen-bond acceptors (Lipinski definition) is 2. The summed E-state index contributed by atoms with van der Waals surface area (Å²) < 4.78 is 4.19. The Kier molecular flexibility index (Phi) is 5.28. The second-order valence-corrected chi connectivity index (χ2v) is 7.97. The Morgan fingerprint density at radius 1 is 1.19 bits per heavy atom. The van der Waals surface area contributed by atoms with E-state index in [0.717, 1.165) is 13.1 Å². The van der Waals surface area contributed by atoms with Gasteiger partial charge in [0.2, 0.25) is 6.26 Å². The van der Waals surface area contributed by atoms with Crippen LogP contribution in [0, 0.1) is 11.8 Å². The maximum Gasteiger partial charge on any atom is 0.213 e. The van der Waals surface area contributed by atoms with Crippen molar-refractivity contribution in [2.24, 2.45) is 11.8 Å². The topological polar surface area (TPSA) is 19.3 Å². The molecule has 1 aromatic rings. The molecule has 1 saturated carbocycles. The fourth-order valence-corrected chi connectivity index (χ4v) is 4.66. The van der Waals surface area contributed by atoms with Gasteiger partial charge in [-0.3, -0.25) is 9.80 Å². The fourth-order valence-electron chi connectivity index (χ4n) is 4.66. The van der Waals surface area contributed by atoms with Crippen molar-refractivity contribution in [3.63, 3.8) is 0 Å². The standard InChI is InChI=1S/C23H30N2O/c1-26-15-12-22-16-23(22)19-24(17-20-8-4-2-5-9-20)13-14-25(23)18-21-10-6-3-7-11-21/h2-10,12,15,21-22H,11,13-14,16-19H2,1H3/p+1/b15-12+/t21?,22-,23-/m1/s1. The monoisotopic (exact) mass is 351 g/mol. The van der Waals surface area contributed by atoms with Crippen molar-refractivity contribution in [2.45, 2.75) is 24.9 Å². The summed E-state index contributed by atoms with van der Waals surface area (Å²) in [6.07, 6.45) is 15.9. The van der Waals surface area contributed by atoms with Gasteiger partial charge in [0.1, 0.15) is 0 Å². The summed E-state index contributed by atoms with van der Waals surface area (Å²) in [6, 6.07) is 10.9. The summed E-state index contributed by atoms with van der Waals surface area (Å²) in [5.41, 5.74) is 1.75. The molecule has 3 aliphatic rings. The molecule has 1 saturated heterocycles. The molecule has 0 aromatic heterocycles. The number of aliphatic hydroxyl groups is 2. The van der Waals surface area contributed by atoms with Gasteiger partial charge in [0, 0.05) is 50.3 Å². The van der Waals surface area contributed by atoms with Crippen molar-refractivity contribution in [3.05, 3.63) is 72.5 Å². The molecule has 0 amide bonds. The van der Waals surface area contributed by atoms with Crippen LogP contribution in [0.3, 0.4) is 0 Å². The zero-order valence-corrected chi connectivity index (χ0v) is 15.8. The SMILES string of the molecule is C[OH+]/C=C/[C@@H]1C[C@@]12CN(Cc1ccccc1)CCN2CC1C=CC=CC1. The van der Waals surface area contributed by atoms with Crippen molar-refractivity contribution in [1.82, 2.24) is 9.80 Å². The van der Waals surface area contributed by atoms with Gasteiger partial charge in [0.25, 0.3) is 0 Å². The van der Waals surface area contributed by atoms with Crippen LogP contribution in [0.4, 0.5) is 0 Å². The lowest BCUT2D eigenvalue weighted by Crippen LogP contribution is -2.56. The number of allylic oxidation sites excluding steroid dienone is 3. The number of piperazine rings is 1. The summed E-state index contributed by atoms with van der Waals surface area (Å²) in [4.78, 5) is 5.44. The fraction of sp³-hybridized carbons (Fsp3) is 0.478. The third kappa shape index (κ3) is 3.79. The minimum Gasteiger partial charge on any atom is -0.590 e. The lowest BCUT2D eigenvalue weighted by atomic mass is 9.97. The summed E-state index contributed by atoms with van der Waals surface area (Å²) in [7, 11) is 1.87. The summed E-state index contributed by atoms with van der Waals surface area (Å²) >= 11 is 0. The van der Waals surface area contributed by atoms with Crippen LogP contribution in [0.1, 0.15) is 18.4 Å². The van der Waals surface area contributed by atoms with E-state index in [1.807, 2.05) is 13.4 Å². The maximum atomic E-state index is 4.19. The molecule has 26 heavy (non-hydrogen) atoms. The number of hydrogen-bond donors (Lipinski definition) is 0. The molecule has 3 atom stereocenters. The molecule has 1 aliphatic heterocycles. The molecule has 2 aliphatic carbocycles. The summed E-state index contributed by atoms with van der Waals surface area (Å²) in [6.45, 7) is 5.77. The second-order valence-electron chi connectivity index (χ2n) is 7.97. The van der Waals surface area contributed by atoms with Crippen LogP contribution in [0.15, 0.2) is 67.0 Å². The number of benzene rings is 1. The maximum absolute atomic E-state index is 4.19. The molecule has 1 aromatic carbocycles. The van der Waals surface area contributed by atoms with Gasteiger partial charge < -0.3 is 4.74 Å². The third-order valence-corrected chi connectivity index (χ3v) is 6.16. The molecule has 3 heteroatoms. The third-order valence-electron chi connectivity index (χ3n) is 6.16. The highest BCUT2D eigenvalue weighted by atomic mass is 16.5. The van der Waals surface area contributed by atoms with E-state index in [1.54, 1.807) is 0 Å². The average Bonchev–Trinajstić information content (AvgIpc) is 3.37. The number of nitrogens with zero attached hydrogens (tertiary/aromatic N) is 2. The van der Waals surface area contributed by atoms with Gasteiger partial charge in [0.15, 0.2) is 7.11 Å². The van der Waals surface area contributed by atoms with Crippen LogP contribution in [0.25, 0.3) is 0 Å². The van der Waals surface area contributed by atoms with Crippen LogP contribution < -0.4 is 0 Å². The Morgan fingerprint density at radius 2 is 2.08 bits per heavy atom. The lowest BCUT2D eigenvalue weighted by molar-refractivity contribution is 0.0412. The zero-order valence-electron chi connectivity index (χ0n) is 15.8. The predicted molar refractivity (Wildman–Crippen MR) is 108 cm³/mol. The summed E-state index contributed by atoms with van der Waals surface area (Å²) in [5, 5.41) is 0. The van der Waals surface area contributed by atoms with E-state index in [0.29, 0.717) is 17.4 Å². The lowest BCUT2D eigenvalue weighted by Gasteiger charge is -2.44. The highest BCUT2D eigenvalue weighted by Gasteiger charge is 2.59. The zero-order chi connectivity index (χ0) is 17.8. The Hall–Kier alpha value is -1.84. The van der Waals surface area contributed by atoms with Gasteiger partial charge in [-0.2, -0.15) is 0 Å². The van der Waals surface area contributed by atoms with E-state index in [-0.39, 0.29) is 0 Å². The molecule has 138 valence electrons. The molecule has 1 spiro atoms. The smallest absolute Gasteiger partial charge is 0.213 e. The minimum atomic E-state index is 0.323. The Labute approximate surface area is 157 Å². The normalized spacial score (nSPS) is 31.7. The molecule has 0 bridgehead atoms. The molecule has 1 N–H and O–H groups in total. The highest BCUT2D eigenvalue weighted by Crippen LogP contribution is 2.52. The molecule has 2 fully saturated rings. The molecular weight excluding hydrogens is 320 g/mol. The van der Waals surface area contributed by atoms with Gasteiger partial charge >= 0.3 is 0 Å². The van der Waals surface area contributed by atoms with Crippen molar-refractivity contribution < 1.29 is 4.74 Å². The minimum absolute atomic E-state index is 0.323. The van der Waals surface area contributed by atoms with Gasteiger partial charge in [-0.1, -0.05) is 54.6 Å². The van der Waals surface area contributed by atoms with E-state index in [2.05, 4.69) is 75.2 Å². The Bertz CT molecular complexity index is 681. The van der Waals surface area contributed by atoms with Crippen molar-refractivity contribution in [1.29, 1.82) is 0 Å². The first kappa shape index (κ1) is 17.6. The Morgan fingerprint density at radius 3 is 2.85 bits per heavy atom. The van der Waals surface area contributed by atoms with E-state index < -0.39 is 0 Å². The van der Waals surface area contributed by atoms with Crippen LogP contribution in [-0.2, 0) is 6.54 Å². The van der Waals surface area contributed by atoms with Crippen LogP contribution >= 0.6 is 0 Å². The van der Waals surface area contributed by atoms with E-state index in [9.17, 15) is 0 Å². The molecule has 0 radical (unpaired) electrons. The molecule has 1 unspecified atom stereocenters. The number of rotatable bonds is 6. The average molecular weight is 352 g/mol.